The van der Waals surface area contributed by atoms with Crippen LogP contribution in [0.25, 0.3) is 5.69 Å². The molecule has 1 aromatic carbocycles. The molecule has 3 atom stereocenters. The molecule has 1 amide bonds. The number of carbonyl (C=O) groups excluding carboxylic acids is 1. The zero-order valence-electron chi connectivity index (χ0n) is 20.2. The van der Waals surface area contributed by atoms with Gasteiger partial charge in [-0.25, -0.2) is 4.39 Å². The number of nitrogens with one attached hydrogen (secondary N) is 2. The lowest BCUT2D eigenvalue weighted by molar-refractivity contribution is 0.00559. The number of amides is 1. The van der Waals surface area contributed by atoms with Crippen molar-refractivity contribution >= 4 is 11.7 Å². The van der Waals surface area contributed by atoms with E-state index in [4.69, 9.17) is 5.73 Å². The summed E-state index contributed by atoms with van der Waals surface area (Å²) in [5.41, 5.74) is 6.66. The molecule has 3 heterocycles. The maximum absolute atomic E-state index is 16.0. The first-order valence-corrected chi connectivity index (χ1v) is 12.2. The molecule has 36 heavy (non-hydrogen) atoms. The fraction of sp³-hybridized carbons (Fsp3) is 0.500. The van der Waals surface area contributed by atoms with Gasteiger partial charge < -0.3 is 21.5 Å². The van der Waals surface area contributed by atoms with Crippen molar-refractivity contribution in [1.82, 2.24) is 35.0 Å². The lowest BCUT2D eigenvalue weighted by Gasteiger charge is -2.44. The number of halogens is 1. The van der Waals surface area contributed by atoms with Gasteiger partial charge in [-0.1, -0.05) is 12.1 Å². The molecule has 2 aromatic heterocycles. The third kappa shape index (κ3) is 4.84. The van der Waals surface area contributed by atoms with Gasteiger partial charge in [0.1, 0.15) is 23.5 Å². The Kier molecular flexibility index (Phi) is 6.73. The van der Waals surface area contributed by atoms with E-state index in [0.29, 0.717) is 26.1 Å². The van der Waals surface area contributed by atoms with Gasteiger partial charge in [-0.15, -0.1) is 0 Å². The fourth-order valence-corrected chi connectivity index (χ4v) is 4.88. The number of rotatable bonds is 10. The highest BCUT2D eigenvalue weighted by atomic mass is 19.1. The van der Waals surface area contributed by atoms with Crippen LogP contribution in [0.2, 0.25) is 0 Å². The van der Waals surface area contributed by atoms with Gasteiger partial charge in [0.2, 0.25) is 0 Å². The number of alkyl halides is 1. The summed E-state index contributed by atoms with van der Waals surface area (Å²) in [6.07, 6.45) is 4.99. The van der Waals surface area contributed by atoms with Crippen molar-refractivity contribution in [3.63, 3.8) is 0 Å². The number of nitrogens with two attached hydrogens (primary N) is 1. The van der Waals surface area contributed by atoms with Crippen LogP contribution >= 0.6 is 0 Å². The van der Waals surface area contributed by atoms with Gasteiger partial charge in [0.15, 0.2) is 5.82 Å². The van der Waals surface area contributed by atoms with Crippen LogP contribution in [-0.4, -0.2) is 79.8 Å². The van der Waals surface area contributed by atoms with Crippen LogP contribution in [0.15, 0.2) is 42.9 Å². The Hall–Kier alpha value is -3.35. The molecule has 1 aliphatic carbocycles. The number of likely N-dealkylation sites (N-methyl/N-ethyl adjacent to an activating group) is 1. The number of carbonyl (C=O) groups is 1. The lowest BCUT2D eigenvalue weighted by atomic mass is 9.85. The summed E-state index contributed by atoms with van der Waals surface area (Å²) in [6, 6.07) is 7.88. The number of anilines is 1. The number of aliphatic hydroxyl groups excluding tert-OH is 1. The molecule has 0 radical (unpaired) electrons. The SMILES string of the molecule is CNCC1(n2cc(C(N)=O)c(NC(O)C3CC3)n2)CCN(Cc2ccc(-n3nccn3)cc2)CC1F. The molecule has 2 fully saturated rings. The largest absolute Gasteiger partial charge is 0.373 e. The van der Waals surface area contributed by atoms with Gasteiger partial charge in [0.05, 0.1) is 18.1 Å². The number of hydrogen-bond donors (Lipinski definition) is 4. The second-order valence-electron chi connectivity index (χ2n) is 9.70. The van der Waals surface area contributed by atoms with E-state index in [-0.39, 0.29) is 23.8 Å². The molecule has 5 rings (SSSR count). The van der Waals surface area contributed by atoms with Crippen LogP contribution < -0.4 is 16.4 Å². The maximum atomic E-state index is 16.0. The van der Waals surface area contributed by atoms with Crippen LogP contribution in [-0.2, 0) is 12.1 Å². The summed E-state index contributed by atoms with van der Waals surface area (Å²) >= 11 is 0. The van der Waals surface area contributed by atoms with Gasteiger partial charge in [-0.05, 0) is 44.0 Å². The summed E-state index contributed by atoms with van der Waals surface area (Å²) in [4.78, 5) is 15.7. The number of benzene rings is 1. The molecule has 3 aromatic rings. The second kappa shape index (κ2) is 9.96. The van der Waals surface area contributed by atoms with Crippen LogP contribution in [0.3, 0.4) is 0 Å². The monoisotopic (exact) mass is 497 g/mol. The molecule has 0 bridgehead atoms. The van der Waals surface area contributed by atoms with E-state index in [1.165, 1.54) is 10.9 Å². The van der Waals surface area contributed by atoms with E-state index >= 15 is 4.39 Å². The molecule has 11 nitrogen and oxygen atoms in total. The predicted molar refractivity (Wildman–Crippen MR) is 131 cm³/mol. The number of likely N-dealkylation sites (tertiary alicyclic amines) is 1. The van der Waals surface area contributed by atoms with Crippen molar-refractivity contribution in [2.75, 3.05) is 32.0 Å². The van der Waals surface area contributed by atoms with Gasteiger partial charge in [0, 0.05) is 38.3 Å². The zero-order valence-corrected chi connectivity index (χ0v) is 20.2. The number of nitrogens with zero attached hydrogens (tertiary/aromatic N) is 6. The summed E-state index contributed by atoms with van der Waals surface area (Å²) in [7, 11) is 1.77. The molecule has 0 spiro atoms. The predicted octanol–water partition coefficient (Wildman–Crippen LogP) is 0.862. The molecular weight excluding hydrogens is 465 g/mol. The second-order valence-corrected chi connectivity index (χ2v) is 9.70. The van der Waals surface area contributed by atoms with Gasteiger partial charge in [0.25, 0.3) is 5.91 Å². The first-order chi connectivity index (χ1) is 17.4. The third-order valence-corrected chi connectivity index (χ3v) is 7.13. The average Bonchev–Trinajstić information content (AvgIpc) is 3.40. The Morgan fingerprint density at radius 2 is 2.00 bits per heavy atom. The Bertz CT molecular complexity index is 1180. The van der Waals surface area contributed by atoms with Gasteiger partial charge in [-0.2, -0.15) is 20.1 Å². The van der Waals surface area contributed by atoms with Crippen LogP contribution in [0.5, 0.6) is 0 Å². The Morgan fingerprint density at radius 1 is 1.28 bits per heavy atom. The first-order valence-electron chi connectivity index (χ1n) is 12.2. The number of aliphatic hydroxyl groups is 1. The maximum Gasteiger partial charge on any atom is 0.254 e. The number of primary amides is 1. The van der Waals surface area contributed by atoms with Crippen molar-refractivity contribution in [2.45, 2.75) is 43.7 Å². The molecule has 5 N–H and O–H groups in total. The minimum absolute atomic E-state index is 0.129. The fourth-order valence-electron chi connectivity index (χ4n) is 4.88. The normalized spacial score (nSPS) is 23.5. The van der Waals surface area contributed by atoms with Gasteiger partial charge >= 0.3 is 0 Å². The van der Waals surface area contributed by atoms with Crippen LogP contribution in [0.4, 0.5) is 10.2 Å². The summed E-state index contributed by atoms with van der Waals surface area (Å²) in [6.45, 7) is 1.79. The highest BCUT2D eigenvalue weighted by Crippen LogP contribution is 2.36. The average molecular weight is 498 g/mol. The molecular formula is C24H32FN9O2. The molecule has 1 saturated heterocycles. The molecule has 1 aliphatic heterocycles. The highest BCUT2D eigenvalue weighted by molar-refractivity contribution is 5.97. The van der Waals surface area contributed by atoms with Crippen LogP contribution in [0.1, 0.15) is 35.2 Å². The smallest absolute Gasteiger partial charge is 0.254 e. The van der Waals surface area contributed by atoms with Crippen LogP contribution in [0, 0.1) is 5.92 Å². The Balaban J connectivity index is 1.32. The number of aromatic nitrogens is 5. The number of hydrogen-bond acceptors (Lipinski definition) is 8. The van der Waals surface area contributed by atoms with E-state index < -0.39 is 23.8 Å². The van der Waals surface area contributed by atoms with Crippen molar-refractivity contribution in [3.8, 4) is 5.69 Å². The van der Waals surface area contributed by atoms with Crippen molar-refractivity contribution in [1.29, 1.82) is 0 Å². The summed E-state index contributed by atoms with van der Waals surface area (Å²) in [5.74, 6) is -0.351. The van der Waals surface area contributed by atoms with Crippen molar-refractivity contribution in [3.05, 3.63) is 54.0 Å². The van der Waals surface area contributed by atoms with E-state index in [1.54, 1.807) is 24.2 Å². The number of piperidine rings is 1. The van der Waals surface area contributed by atoms with E-state index in [1.807, 2.05) is 24.3 Å². The zero-order chi connectivity index (χ0) is 25.3. The van der Waals surface area contributed by atoms with E-state index in [9.17, 15) is 9.90 Å². The van der Waals surface area contributed by atoms with Crippen molar-refractivity contribution < 1.29 is 14.3 Å². The Morgan fingerprint density at radius 3 is 2.61 bits per heavy atom. The molecule has 12 heteroatoms. The standard InChI is InChI=1S/C24H32FN9O2/c1-27-15-24(33-13-19(21(26)35)22(31-33)30-23(36)17-4-5-17)8-11-32(14-20(24)25)12-16-2-6-18(7-3-16)34-28-9-10-29-34/h2-3,6-7,9-10,13,17,20,23,27,36H,4-5,8,11-12,14-15H2,1H3,(H2,26,35)(H,30,31). The highest BCUT2D eigenvalue weighted by Gasteiger charge is 2.46. The van der Waals surface area contributed by atoms with Crippen molar-refractivity contribution in [2.24, 2.45) is 11.7 Å². The topological polar surface area (TPSA) is 139 Å². The van der Waals surface area contributed by atoms with E-state index in [0.717, 1.165) is 24.1 Å². The quantitative estimate of drug-likeness (QED) is 0.303. The molecule has 192 valence electrons. The molecule has 2 aliphatic rings. The minimum atomic E-state index is -1.26. The first kappa shape index (κ1) is 24.3. The third-order valence-electron chi connectivity index (χ3n) is 7.13. The summed E-state index contributed by atoms with van der Waals surface area (Å²) in [5, 5.41) is 29.1. The Labute approximate surface area is 208 Å². The lowest BCUT2D eigenvalue weighted by Crippen LogP contribution is -2.58. The van der Waals surface area contributed by atoms with E-state index in [2.05, 4.69) is 30.8 Å². The summed E-state index contributed by atoms with van der Waals surface area (Å²) < 4.78 is 17.5. The molecule has 3 unspecified atom stereocenters. The van der Waals surface area contributed by atoms with Gasteiger partial charge in [-0.3, -0.25) is 14.4 Å². The molecule has 1 saturated carbocycles. The minimum Gasteiger partial charge on any atom is -0.373 e.